The first-order chi connectivity index (χ1) is 9.70. The van der Waals surface area contributed by atoms with E-state index >= 15 is 0 Å². The number of nitrogens with one attached hydrogen (secondary N) is 1. The van der Waals surface area contributed by atoms with Crippen LogP contribution in [0.2, 0.25) is 0 Å². The number of hydrogen-bond acceptors (Lipinski definition) is 3. The molecule has 0 bridgehead atoms. The Morgan fingerprint density at radius 2 is 2.24 bits per heavy atom. The van der Waals surface area contributed by atoms with Crippen LogP contribution in [-0.2, 0) is 4.74 Å². The largest absolute Gasteiger partial charge is 0.376 e. The van der Waals surface area contributed by atoms with Gasteiger partial charge < -0.3 is 15.0 Å². The smallest absolute Gasteiger partial charge is 0.193 e. The second-order valence-corrected chi connectivity index (χ2v) is 7.36. The van der Waals surface area contributed by atoms with Gasteiger partial charge in [-0.05, 0) is 25.2 Å². The first-order valence-corrected chi connectivity index (χ1v) is 8.94. The van der Waals surface area contributed by atoms with Crippen molar-refractivity contribution >= 4 is 41.7 Å². The summed E-state index contributed by atoms with van der Waals surface area (Å²) in [6.45, 7) is 8.64. The van der Waals surface area contributed by atoms with Crippen LogP contribution in [-0.4, -0.2) is 61.3 Å². The zero-order valence-electron chi connectivity index (χ0n) is 13.5. The van der Waals surface area contributed by atoms with E-state index in [9.17, 15) is 0 Å². The Kier molecular flexibility index (Phi) is 9.36. The van der Waals surface area contributed by atoms with Crippen LogP contribution in [0.15, 0.2) is 4.99 Å². The Hall–Kier alpha value is 0.310. The number of nitrogens with zero attached hydrogens (tertiary/aromatic N) is 2. The van der Waals surface area contributed by atoms with Crippen LogP contribution in [0.4, 0.5) is 0 Å². The molecule has 2 atom stereocenters. The van der Waals surface area contributed by atoms with E-state index in [1.807, 2.05) is 7.05 Å². The van der Waals surface area contributed by atoms with E-state index in [4.69, 9.17) is 4.74 Å². The van der Waals surface area contributed by atoms with Gasteiger partial charge in [-0.3, -0.25) is 4.99 Å². The number of hydrogen-bond donors (Lipinski definition) is 1. The van der Waals surface area contributed by atoms with Crippen molar-refractivity contribution in [3.8, 4) is 0 Å². The van der Waals surface area contributed by atoms with E-state index in [2.05, 4.69) is 40.8 Å². The summed E-state index contributed by atoms with van der Waals surface area (Å²) in [5.41, 5.74) is 0. The minimum atomic E-state index is 0. The summed E-state index contributed by atoms with van der Waals surface area (Å²) in [5, 5.41) is 4.23. The zero-order valence-corrected chi connectivity index (χ0v) is 16.7. The molecule has 0 aromatic carbocycles. The van der Waals surface area contributed by atoms with Crippen molar-refractivity contribution in [2.45, 2.75) is 44.5 Å². The molecule has 2 unspecified atom stereocenters. The predicted octanol–water partition coefficient (Wildman–Crippen LogP) is 2.82. The fraction of sp³-hybridized carbons (Fsp3) is 0.933. The summed E-state index contributed by atoms with van der Waals surface area (Å²) in [7, 11) is 1.89. The third-order valence-electron chi connectivity index (χ3n) is 4.11. The Morgan fingerprint density at radius 3 is 2.86 bits per heavy atom. The lowest BCUT2D eigenvalue weighted by atomic mass is 10.1. The summed E-state index contributed by atoms with van der Waals surface area (Å²) >= 11 is 2.10. The highest BCUT2D eigenvalue weighted by molar-refractivity contribution is 14.0. The lowest BCUT2D eigenvalue weighted by Gasteiger charge is -2.36. The molecule has 0 aromatic rings. The second-order valence-electron chi connectivity index (χ2n) is 6.02. The molecule has 21 heavy (non-hydrogen) atoms. The Bertz CT molecular complexity index is 322. The van der Waals surface area contributed by atoms with E-state index in [1.165, 1.54) is 25.0 Å². The van der Waals surface area contributed by atoms with Crippen LogP contribution in [0.25, 0.3) is 0 Å². The molecule has 2 aliphatic rings. The van der Waals surface area contributed by atoms with Gasteiger partial charge in [0, 0.05) is 44.3 Å². The van der Waals surface area contributed by atoms with Crippen LogP contribution in [0.1, 0.15) is 33.1 Å². The standard InChI is InChI=1S/C15H29N3OS.HI/c1-12(2)14-11-18(7-9-20-14)15(16-3)17-10-13-6-4-5-8-19-13;/h12-14H,4-11H2,1-3H3,(H,16,17);1H. The lowest BCUT2D eigenvalue weighted by molar-refractivity contribution is 0.0191. The quantitative estimate of drug-likeness (QED) is 0.427. The Morgan fingerprint density at radius 1 is 1.43 bits per heavy atom. The number of rotatable bonds is 3. The van der Waals surface area contributed by atoms with Crippen molar-refractivity contribution in [1.29, 1.82) is 0 Å². The molecule has 2 saturated heterocycles. The van der Waals surface area contributed by atoms with Gasteiger partial charge in [0.15, 0.2) is 5.96 Å². The fourth-order valence-corrected chi connectivity index (χ4v) is 4.08. The highest BCUT2D eigenvalue weighted by Crippen LogP contribution is 2.24. The van der Waals surface area contributed by atoms with Crippen LogP contribution in [0, 0.1) is 5.92 Å². The Balaban J connectivity index is 0.00000220. The second kappa shape index (κ2) is 10.2. The molecule has 0 aromatic heterocycles. The number of halogens is 1. The van der Waals surface area contributed by atoms with E-state index in [0.29, 0.717) is 11.4 Å². The highest BCUT2D eigenvalue weighted by atomic mass is 127. The van der Waals surface area contributed by atoms with Crippen molar-refractivity contribution in [3.05, 3.63) is 0 Å². The van der Waals surface area contributed by atoms with Crippen LogP contribution in [0.3, 0.4) is 0 Å². The van der Waals surface area contributed by atoms with Gasteiger partial charge in [0.1, 0.15) is 0 Å². The third kappa shape index (κ3) is 6.14. The highest BCUT2D eigenvalue weighted by Gasteiger charge is 2.25. The lowest BCUT2D eigenvalue weighted by Crippen LogP contribution is -2.50. The van der Waals surface area contributed by atoms with Crippen LogP contribution >= 0.6 is 35.7 Å². The molecule has 0 radical (unpaired) electrons. The van der Waals surface area contributed by atoms with Crippen LogP contribution < -0.4 is 5.32 Å². The number of thioether (sulfide) groups is 1. The van der Waals surface area contributed by atoms with E-state index < -0.39 is 0 Å². The average Bonchev–Trinajstić information content (AvgIpc) is 2.49. The van der Waals surface area contributed by atoms with Gasteiger partial charge in [-0.1, -0.05) is 13.8 Å². The predicted molar refractivity (Wildman–Crippen MR) is 103 cm³/mol. The van der Waals surface area contributed by atoms with Crippen molar-refractivity contribution in [2.75, 3.05) is 39.0 Å². The minimum absolute atomic E-state index is 0. The number of aliphatic imine (C=N–C) groups is 1. The molecule has 2 heterocycles. The van der Waals surface area contributed by atoms with Gasteiger partial charge in [-0.15, -0.1) is 24.0 Å². The Labute approximate surface area is 150 Å². The topological polar surface area (TPSA) is 36.9 Å². The molecule has 1 N–H and O–H groups in total. The van der Waals surface area contributed by atoms with Crippen molar-refractivity contribution in [3.63, 3.8) is 0 Å². The van der Waals surface area contributed by atoms with Gasteiger partial charge in [0.2, 0.25) is 0 Å². The molecule has 4 nitrogen and oxygen atoms in total. The zero-order chi connectivity index (χ0) is 14.4. The maximum absolute atomic E-state index is 5.78. The molecule has 2 rings (SSSR count). The van der Waals surface area contributed by atoms with Gasteiger partial charge >= 0.3 is 0 Å². The average molecular weight is 427 g/mol. The summed E-state index contributed by atoms with van der Waals surface area (Å²) in [4.78, 5) is 6.86. The van der Waals surface area contributed by atoms with Gasteiger partial charge in [0.05, 0.1) is 6.10 Å². The maximum atomic E-state index is 5.78. The maximum Gasteiger partial charge on any atom is 0.193 e. The molecular formula is C15H30IN3OS. The molecule has 124 valence electrons. The molecule has 6 heteroatoms. The first-order valence-electron chi connectivity index (χ1n) is 7.89. The molecular weight excluding hydrogens is 397 g/mol. The van der Waals surface area contributed by atoms with E-state index in [-0.39, 0.29) is 24.0 Å². The molecule has 2 aliphatic heterocycles. The van der Waals surface area contributed by atoms with Gasteiger partial charge in [-0.25, -0.2) is 0 Å². The van der Waals surface area contributed by atoms with Crippen LogP contribution in [0.5, 0.6) is 0 Å². The molecule has 0 amide bonds. The normalized spacial score (nSPS) is 27.4. The van der Waals surface area contributed by atoms with Gasteiger partial charge in [0.25, 0.3) is 0 Å². The molecule has 0 spiro atoms. The van der Waals surface area contributed by atoms with Crippen molar-refractivity contribution < 1.29 is 4.74 Å². The summed E-state index contributed by atoms with van der Waals surface area (Å²) in [5.74, 6) is 2.97. The summed E-state index contributed by atoms with van der Waals surface area (Å²) in [6, 6.07) is 0. The van der Waals surface area contributed by atoms with Crippen molar-refractivity contribution in [2.24, 2.45) is 10.9 Å². The number of guanidine groups is 1. The number of ether oxygens (including phenoxy) is 1. The van der Waals surface area contributed by atoms with E-state index in [0.717, 1.165) is 38.1 Å². The fourth-order valence-electron chi connectivity index (χ4n) is 2.78. The van der Waals surface area contributed by atoms with Gasteiger partial charge in [-0.2, -0.15) is 11.8 Å². The summed E-state index contributed by atoms with van der Waals surface area (Å²) in [6.07, 6.45) is 4.04. The SMILES string of the molecule is CN=C(NCC1CCCCO1)N1CCSC(C(C)C)C1.I. The van der Waals surface area contributed by atoms with E-state index in [1.54, 1.807) is 0 Å². The monoisotopic (exact) mass is 427 g/mol. The molecule has 0 aliphatic carbocycles. The first kappa shape index (κ1) is 19.4. The van der Waals surface area contributed by atoms with Crippen molar-refractivity contribution in [1.82, 2.24) is 10.2 Å². The minimum Gasteiger partial charge on any atom is -0.376 e. The molecule has 0 saturated carbocycles. The third-order valence-corrected chi connectivity index (χ3v) is 5.65. The summed E-state index contributed by atoms with van der Waals surface area (Å²) < 4.78 is 5.78. The molecule has 2 fully saturated rings.